The Morgan fingerprint density at radius 2 is 1.48 bits per heavy atom. The maximum absolute atomic E-state index is 10.4. The number of hydrogen-bond acceptors (Lipinski definition) is 2. The second-order valence-electron chi connectivity index (χ2n) is 9.89. The lowest BCUT2D eigenvalue weighted by Crippen LogP contribution is -1.99. The molecular formula is C25H40O2. The third-order valence-electron chi connectivity index (χ3n) is 7.47. The van der Waals surface area contributed by atoms with Crippen molar-refractivity contribution in [1.82, 2.24) is 0 Å². The summed E-state index contributed by atoms with van der Waals surface area (Å²) in [5, 5.41) is 20.3. The molecule has 2 nitrogen and oxygen atoms in total. The molecule has 2 aliphatic rings. The molecule has 1 aromatic carbocycles. The van der Waals surface area contributed by atoms with Gasteiger partial charge in [0.25, 0.3) is 0 Å². The van der Waals surface area contributed by atoms with Crippen LogP contribution in [-0.2, 0) is 12.8 Å². The van der Waals surface area contributed by atoms with Crippen LogP contribution < -0.4 is 0 Å². The van der Waals surface area contributed by atoms with Gasteiger partial charge in [-0.3, -0.25) is 0 Å². The summed E-state index contributed by atoms with van der Waals surface area (Å²) in [4.78, 5) is 0. The number of phenolic OH excluding ortho intramolecular Hbond substituents is 2. The van der Waals surface area contributed by atoms with Crippen molar-refractivity contribution in [3.05, 3.63) is 23.3 Å². The minimum Gasteiger partial charge on any atom is -0.508 e. The molecule has 0 atom stereocenters. The van der Waals surface area contributed by atoms with Crippen molar-refractivity contribution in [2.75, 3.05) is 0 Å². The molecule has 0 unspecified atom stereocenters. The predicted molar refractivity (Wildman–Crippen MR) is 113 cm³/mol. The number of rotatable bonds is 13. The maximum Gasteiger partial charge on any atom is 0.122 e. The van der Waals surface area contributed by atoms with Gasteiger partial charge in [-0.1, -0.05) is 46.0 Å². The second kappa shape index (κ2) is 8.88. The average Bonchev–Trinajstić information content (AvgIpc) is 3.55. The van der Waals surface area contributed by atoms with Crippen LogP contribution in [0.25, 0.3) is 0 Å². The summed E-state index contributed by atoms with van der Waals surface area (Å²) in [6.45, 7) is 4.74. The van der Waals surface area contributed by atoms with Crippen molar-refractivity contribution in [3.63, 3.8) is 0 Å². The highest BCUT2D eigenvalue weighted by Crippen LogP contribution is 2.52. The Bertz CT molecular complexity index is 611. The molecule has 0 aliphatic heterocycles. The largest absolute Gasteiger partial charge is 0.508 e. The Morgan fingerprint density at radius 1 is 0.815 bits per heavy atom. The topological polar surface area (TPSA) is 40.5 Å². The van der Waals surface area contributed by atoms with E-state index >= 15 is 0 Å². The zero-order valence-corrected chi connectivity index (χ0v) is 17.7. The van der Waals surface area contributed by atoms with Crippen LogP contribution in [0.2, 0.25) is 0 Å². The summed E-state index contributed by atoms with van der Waals surface area (Å²) in [7, 11) is 0. The van der Waals surface area contributed by atoms with E-state index in [1.165, 1.54) is 82.3 Å². The molecule has 0 radical (unpaired) electrons. The number of hydrogen-bond donors (Lipinski definition) is 2. The van der Waals surface area contributed by atoms with Gasteiger partial charge in [0.15, 0.2) is 0 Å². The standard InChI is InChI=1S/C25H40O2/c1-3-25(16-17-25)13-9-4-6-10-20-18-21(26)19-23(27)22(20)11-7-5-8-12-24(2)14-15-24/h18-19,26-27H,3-17H2,1-2H3. The van der Waals surface area contributed by atoms with E-state index in [9.17, 15) is 10.2 Å². The van der Waals surface area contributed by atoms with Crippen LogP contribution >= 0.6 is 0 Å². The highest BCUT2D eigenvalue weighted by Gasteiger charge is 2.39. The van der Waals surface area contributed by atoms with Gasteiger partial charge in [0.2, 0.25) is 0 Å². The molecular weight excluding hydrogens is 332 g/mol. The van der Waals surface area contributed by atoms with E-state index in [1.807, 2.05) is 6.07 Å². The van der Waals surface area contributed by atoms with Gasteiger partial charge in [-0.25, -0.2) is 0 Å². The van der Waals surface area contributed by atoms with E-state index in [4.69, 9.17) is 0 Å². The molecule has 0 aromatic heterocycles. The van der Waals surface area contributed by atoms with Crippen molar-refractivity contribution in [2.45, 2.75) is 110 Å². The summed E-state index contributed by atoms with van der Waals surface area (Å²) in [5.74, 6) is 0.498. The normalized spacial score (nSPS) is 19.2. The number of aryl methyl sites for hydroxylation is 1. The number of benzene rings is 1. The molecule has 2 heteroatoms. The van der Waals surface area contributed by atoms with E-state index in [1.54, 1.807) is 0 Å². The Morgan fingerprint density at radius 3 is 2.11 bits per heavy atom. The average molecular weight is 373 g/mol. The smallest absolute Gasteiger partial charge is 0.122 e. The van der Waals surface area contributed by atoms with E-state index in [0.717, 1.165) is 31.2 Å². The lowest BCUT2D eigenvalue weighted by Gasteiger charge is -2.14. The van der Waals surface area contributed by atoms with Crippen molar-refractivity contribution in [1.29, 1.82) is 0 Å². The lowest BCUT2D eigenvalue weighted by atomic mass is 9.92. The first-order valence-electron chi connectivity index (χ1n) is 11.5. The summed E-state index contributed by atoms with van der Waals surface area (Å²) in [6.07, 6.45) is 19.2. The number of unbranched alkanes of at least 4 members (excludes halogenated alkanes) is 4. The second-order valence-corrected chi connectivity index (χ2v) is 9.89. The molecule has 0 bridgehead atoms. The molecule has 2 N–H and O–H groups in total. The summed E-state index contributed by atoms with van der Waals surface area (Å²) in [6, 6.07) is 3.40. The van der Waals surface area contributed by atoms with Crippen molar-refractivity contribution >= 4 is 0 Å². The molecule has 0 heterocycles. The lowest BCUT2D eigenvalue weighted by molar-refractivity contribution is 0.421. The van der Waals surface area contributed by atoms with E-state index < -0.39 is 0 Å². The molecule has 152 valence electrons. The first-order valence-corrected chi connectivity index (χ1v) is 11.5. The summed E-state index contributed by atoms with van der Waals surface area (Å²) >= 11 is 0. The fourth-order valence-corrected chi connectivity index (χ4v) is 4.65. The van der Waals surface area contributed by atoms with Gasteiger partial charge in [-0.15, -0.1) is 0 Å². The highest BCUT2D eigenvalue weighted by atomic mass is 16.3. The summed E-state index contributed by atoms with van der Waals surface area (Å²) in [5.41, 5.74) is 3.60. The SMILES string of the molecule is CCC1(CCCCCc2cc(O)cc(O)c2CCCCCC2(C)CC2)CC1. The number of aromatic hydroxyl groups is 2. The third kappa shape index (κ3) is 6.16. The molecule has 2 saturated carbocycles. The maximum atomic E-state index is 10.4. The van der Waals surface area contributed by atoms with Crippen molar-refractivity contribution in [2.24, 2.45) is 10.8 Å². The molecule has 27 heavy (non-hydrogen) atoms. The van der Waals surface area contributed by atoms with Crippen LogP contribution in [0.5, 0.6) is 11.5 Å². The van der Waals surface area contributed by atoms with Crippen LogP contribution in [0.3, 0.4) is 0 Å². The molecule has 2 fully saturated rings. The van der Waals surface area contributed by atoms with Gasteiger partial charge in [-0.2, -0.15) is 0 Å². The summed E-state index contributed by atoms with van der Waals surface area (Å²) < 4.78 is 0. The molecule has 0 saturated heterocycles. The minimum atomic E-state index is 0.204. The Balaban J connectivity index is 1.42. The Hall–Kier alpha value is -1.18. The van der Waals surface area contributed by atoms with Gasteiger partial charge in [0.05, 0.1) is 0 Å². The highest BCUT2D eigenvalue weighted by molar-refractivity contribution is 5.45. The Labute approximate surface area is 166 Å². The zero-order valence-electron chi connectivity index (χ0n) is 17.7. The van der Waals surface area contributed by atoms with Gasteiger partial charge in [0.1, 0.15) is 11.5 Å². The first-order chi connectivity index (χ1) is 13.0. The van der Waals surface area contributed by atoms with Gasteiger partial charge in [-0.05, 0) is 92.2 Å². The van der Waals surface area contributed by atoms with Crippen LogP contribution in [0.4, 0.5) is 0 Å². The molecule has 2 aliphatic carbocycles. The van der Waals surface area contributed by atoms with E-state index in [0.29, 0.717) is 16.6 Å². The predicted octanol–water partition coefficient (Wildman–Crippen LogP) is 7.29. The van der Waals surface area contributed by atoms with E-state index in [-0.39, 0.29) is 5.75 Å². The fraction of sp³-hybridized carbons (Fsp3) is 0.760. The van der Waals surface area contributed by atoms with Crippen LogP contribution in [-0.4, -0.2) is 10.2 Å². The Kier molecular flexibility index (Phi) is 6.76. The first kappa shape index (κ1) is 20.6. The molecule has 0 amide bonds. The third-order valence-corrected chi connectivity index (χ3v) is 7.47. The quantitative estimate of drug-likeness (QED) is 0.357. The molecule has 0 spiro atoms. The molecule has 3 rings (SSSR count). The zero-order chi connectivity index (χ0) is 19.3. The van der Waals surface area contributed by atoms with Gasteiger partial charge >= 0.3 is 0 Å². The van der Waals surface area contributed by atoms with Crippen LogP contribution in [0.15, 0.2) is 12.1 Å². The van der Waals surface area contributed by atoms with Crippen molar-refractivity contribution < 1.29 is 10.2 Å². The fourth-order valence-electron chi connectivity index (χ4n) is 4.65. The monoisotopic (exact) mass is 372 g/mol. The van der Waals surface area contributed by atoms with Crippen LogP contribution in [0, 0.1) is 10.8 Å². The van der Waals surface area contributed by atoms with Gasteiger partial charge < -0.3 is 10.2 Å². The molecule has 1 aromatic rings. The van der Waals surface area contributed by atoms with E-state index in [2.05, 4.69) is 13.8 Å². The minimum absolute atomic E-state index is 0.204. The number of phenols is 2. The van der Waals surface area contributed by atoms with Gasteiger partial charge in [0, 0.05) is 6.07 Å². The van der Waals surface area contributed by atoms with Crippen molar-refractivity contribution in [3.8, 4) is 11.5 Å². The van der Waals surface area contributed by atoms with Crippen LogP contribution in [0.1, 0.15) is 108 Å².